The molecule has 0 aliphatic carbocycles. The number of anilines is 2. The molecule has 2 aromatic rings. The number of rotatable bonds is 8. The van der Waals surface area contributed by atoms with Crippen molar-refractivity contribution in [3.8, 4) is 0 Å². The van der Waals surface area contributed by atoms with Gasteiger partial charge >= 0.3 is 0 Å². The van der Waals surface area contributed by atoms with Crippen LogP contribution in [0, 0.1) is 0 Å². The van der Waals surface area contributed by atoms with Gasteiger partial charge in [-0.05, 0) is 25.8 Å². The molecule has 0 aliphatic heterocycles. The average molecular weight is 307 g/mol. The summed E-state index contributed by atoms with van der Waals surface area (Å²) in [6.45, 7) is 6.58. The predicted octanol–water partition coefficient (Wildman–Crippen LogP) is 3.92. The van der Waals surface area contributed by atoms with E-state index in [1.54, 1.807) is 11.3 Å². The minimum Gasteiger partial charge on any atom is -0.367 e. The minimum atomic E-state index is 0.394. The normalized spacial score (nSPS) is 12.6. The number of aromatic nitrogens is 2. The molecule has 116 valence electrons. The third kappa shape index (κ3) is 4.04. The topological polar surface area (TPSA) is 75.9 Å². The quantitative estimate of drug-likeness (QED) is 0.391. The van der Waals surface area contributed by atoms with E-state index in [1.807, 2.05) is 0 Å². The minimum absolute atomic E-state index is 0.394. The zero-order valence-electron chi connectivity index (χ0n) is 13.1. The van der Waals surface area contributed by atoms with Crippen molar-refractivity contribution in [1.82, 2.24) is 9.97 Å². The van der Waals surface area contributed by atoms with Gasteiger partial charge in [-0.25, -0.2) is 10.8 Å². The third-order valence-electron chi connectivity index (χ3n) is 3.55. The van der Waals surface area contributed by atoms with Crippen LogP contribution in [0.1, 0.15) is 51.3 Å². The monoisotopic (exact) mass is 307 g/mol. The molecular weight excluding hydrogens is 282 g/mol. The van der Waals surface area contributed by atoms with Gasteiger partial charge in [-0.3, -0.25) is 5.43 Å². The van der Waals surface area contributed by atoms with Crippen molar-refractivity contribution >= 4 is 33.3 Å². The van der Waals surface area contributed by atoms with Crippen LogP contribution < -0.4 is 16.6 Å². The van der Waals surface area contributed by atoms with Crippen molar-refractivity contribution in [2.75, 3.05) is 10.7 Å². The number of hydrazine groups is 1. The van der Waals surface area contributed by atoms with Crippen molar-refractivity contribution in [2.45, 2.75) is 58.9 Å². The van der Waals surface area contributed by atoms with Crippen molar-refractivity contribution in [2.24, 2.45) is 5.84 Å². The van der Waals surface area contributed by atoms with Gasteiger partial charge in [0.15, 0.2) is 0 Å². The maximum absolute atomic E-state index is 5.48. The summed E-state index contributed by atoms with van der Waals surface area (Å²) in [6.07, 6.45) is 5.92. The fourth-order valence-corrected chi connectivity index (χ4v) is 3.29. The number of hydrogen-bond donors (Lipinski definition) is 3. The molecule has 2 heterocycles. The molecule has 0 spiro atoms. The van der Waals surface area contributed by atoms with E-state index in [0.717, 1.165) is 28.9 Å². The molecule has 0 fully saturated rings. The highest BCUT2D eigenvalue weighted by atomic mass is 32.1. The Morgan fingerprint density at radius 2 is 2.10 bits per heavy atom. The zero-order chi connectivity index (χ0) is 15.2. The van der Waals surface area contributed by atoms with Gasteiger partial charge in [0.1, 0.15) is 10.6 Å². The summed E-state index contributed by atoms with van der Waals surface area (Å²) in [5, 5.41) is 4.61. The number of nitrogens with one attached hydrogen (secondary N) is 2. The highest BCUT2D eigenvalue weighted by Gasteiger charge is 2.12. The third-order valence-corrected chi connectivity index (χ3v) is 4.72. The number of nitrogen functional groups attached to an aromatic ring is 1. The van der Waals surface area contributed by atoms with E-state index in [2.05, 4.69) is 47.5 Å². The average Bonchev–Trinajstić information content (AvgIpc) is 2.90. The molecule has 0 saturated heterocycles. The molecule has 1 atom stereocenters. The van der Waals surface area contributed by atoms with E-state index in [-0.39, 0.29) is 0 Å². The number of hydrogen-bond acceptors (Lipinski definition) is 6. The molecular formula is C15H25N5S. The number of fused-ring (bicyclic) bond motifs is 1. The second-order valence-electron chi connectivity index (χ2n) is 5.37. The molecule has 0 aromatic carbocycles. The van der Waals surface area contributed by atoms with Gasteiger partial charge in [0.05, 0.1) is 5.39 Å². The molecule has 5 nitrogen and oxygen atoms in total. The summed E-state index contributed by atoms with van der Waals surface area (Å²) in [4.78, 5) is 11.2. The Morgan fingerprint density at radius 3 is 2.76 bits per heavy atom. The number of aryl methyl sites for hydroxylation is 1. The molecule has 6 heteroatoms. The van der Waals surface area contributed by atoms with Crippen LogP contribution in [0.5, 0.6) is 0 Å². The second kappa shape index (κ2) is 7.56. The van der Waals surface area contributed by atoms with Gasteiger partial charge in [-0.2, -0.15) is 4.98 Å². The Labute approximate surface area is 130 Å². The zero-order valence-corrected chi connectivity index (χ0v) is 13.9. The van der Waals surface area contributed by atoms with Crippen LogP contribution in [-0.4, -0.2) is 16.0 Å². The molecule has 0 radical (unpaired) electrons. The molecule has 0 bridgehead atoms. The van der Waals surface area contributed by atoms with E-state index < -0.39 is 0 Å². The van der Waals surface area contributed by atoms with Gasteiger partial charge in [-0.15, -0.1) is 11.3 Å². The number of unbranched alkanes of at least 4 members (excludes halogenated alkanes) is 2. The van der Waals surface area contributed by atoms with E-state index in [0.29, 0.717) is 12.0 Å². The van der Waals surface area contributed by atoms with Gasteiger partial charge < -0.3 is 5.32 Å². The van der Waals surface area contributed by atoms with Crippen LogP contribution >= 0.6 is 11.3 Å². The molecule has 2 rings (SSSR count). The summed E-state index contributed by atoms with van der Waals surface area (Å²) in [5.41, 5.74) is 2.56. The fourth-order valence-electron chi connectivity index (χ4n) is 2.33. The van der Waals surface area contributed by atoms with Crippen LogP contribution in [0.4, 0.5) is 11.8 Å². The highest BCUT2D eigenvalue weighted by Crippen LogP contribution is 2.30. The van der Waals surface area contributed by atoms with E-state index in [4.69, 9.17) is 5.84 Å². The number of thiophene rings is 1. The summed E-state index contributed by atoms with van der Waals surface area (Å²) in [7, 11) is 0. The standard InChI is InChI=1S/C15H25N5S/c1-4-6-7-8-10(3)17-13-12-9-11(5-2)21-14(12)19-15(18-13)20-16/h9-10H,4-8,16H2,1-3H3,(H2,17,18,19,20). The first kappa shape index (κ1) is 16.0. The SMILES string of the molecule is CCCCCC(C)Nc1nc(NN)nc2sc(CC)cc12. The lowest BCUT2D eigenvalue weighted by molar-refractivity contribution is 0.614. The smallest absolute Gasteiger partial charge is 0.240 e. The Hall–Kier alpha value is -1.40. The second-order valence-corrected chi connectivity index (χ2v) is 6.48. The van der Waals surface area contributed by atoms with Crippen molar-refractivity contribution in [3.63, 3.8) is 0 Å². The molecule has 21 heavy (non-hydrogen) atoms. The summed E-state index contributed by atoms with van der Waals surface area (Å²) in [6, 6.07) is 2.58. The van der Waals surface area contributed by atoms with Crippen molar-refractivity contribution in [3.05, 3.63) is 10.9 Å². The van der Waals surface area contributed by atoms with Crippen molar-refractivity contribution in [1.29, 1.82) is 0 Å². The first-order valence-corrected chi connectivity index (χ1v) is 8.53. The summed E-state index contributed by atoms with van der Waals surface area (Å²) < 4.78 is 0. The summed E-state index contributed by atoms with van der Waals surface area (Å²) in [5.74, 6) is 6.83. The number of nitrogens with zero attached hydrogens (tertiary/aromatic N) is 2. The largest absolute Gasteiger partial charge is 0.367 e. The Kier molecular flexibility index (Phi) is 5.76. The lowest BCUT2D eigenvalue weighted by atomic mass is 10.1. The van der Waals surface area contributed by atoms with Crippen LogP contribution in [0.15, 0.2) is 6.07 Å². The molecule has 0 aliphatic rings. The van der Waals surface area contributed by atoms with Crippen LogP contribution in [-0.2, 0) is 6.42 Å². The molecule has 0 saturated carbocycles. The Morgan fingerprint density at radius 1 is 1.29 bits per heavy atom. The lowest BCUT2D eigenvalue weighted by Crippen LogP contribution is -2.18. The van der Waals surface area contributed by atoms with E-state index in [1.165, 1.54) is 24.1 Å². The first-order chi connectivity index (χ1) is 10.2. The first-order valence-electron chi connectivity index (χ1n) is 7.71. The molecule has 1 unspecified atom stereocenters. The van der Waals surface area contributed by atoms with Crippen LogP contribution in [0.3, 0.4) is 0 Å². The Balaban J connectivity index is 2.22. The van der Waals surface area contributed by atoms with Crippen LogP contribution in [0.2, 0.25) is 0 Å². The van der Waals surface area contributed by atoms with E-state index >= 15 is 0 Å². The Bertz CT molecular complexity index is 581. The van der Waals surface area contributed by atoms with Gasteiger partial charge in [-0.1, -0.05) is 33.1 Å². The molecule has 4 N–H and O–H groups in total. The van der Waals surface area contributed by atoms with Gasteiger partial charge in [0, 0.05) is 10.9 Å². The fraction of sp³-hybridized carbons (Fsp3) is 0.600. The van der Waals surface area contributed by atoms with Gasteiger partial charge in [0.25, 0.3) is 0 Å². The van der Waals surface area contributed by atoms with E-state index in [9.17, 15) is 0 Å². The van der Waals surface area contributed by atoms with Crippen molar-refractivity contribution < 1.29 is 0 Å². The maximum Gasteiger partial charge on any atom is 0.240 e. The molecule has 0 amide bonds. The lowest BCUT2D eigenvalue weighted by Gasteiger charge is -2.15. The maximum atomic E-state index is 5.48. The number of nitrogens with two attached hydrogens (primary N) is 1. The van der Waals surface area contributed by atoms with Gasteiger partial charge in [0.2, 0.25) is 5.95 Å². The summed E-state index contributed by atoms with van der Waals surface area (Å²) >= 11 is 1.70. The predicted molar refractivity (Wildman–Crippen MR) is 91.8 cm³/mol. The van der Waals surface area contributed by atoms with Crippen LogP contribution in [0.25, 0.3) is 10.2 Å². The molecule has 2 aromatic heterocycles. The highest BCUT2D eigenvalue weighted by molar-refractivity contribution is 7.18.